The van der Waals surface area contributed by atoms with Crippen molar-refractivity contribution in [3.63, 3.8) is 0 Å². The van der Waals surface area contributed by atoms with Crippen LogP contribution in [0.4, 0.5) is 18.9 Å². The van der Waals surface area contributed by atoms with E-state index in [4.69, 9.17) is 4.99 Å². The molecule has 2 heterocycles. The lowest BCUT2D eigenvalue weighted by molar-refractivity contribution is -0.137. The van der Waals surface area contributed by atoms with Crippen molar-refractivity contribution in [3.8, 4) is 5.69 Å². The van der Waals surface area contributed by atoms with Crippen molar-refractivity contribution in [2.24, 2.45) is 4.99 Å². The lowest BCUT2D eigenvalue weighted by Gasteiger charge is -2.30. The van der Waals surface area contributed by atoms with Gasteiger partial charge in [-0.1, -0.05) is 37.5 Å². The number of carbonyl (C=O) groups excluding carboxylic acids is 1. The van der Waals surface area contributed by atoms with Crippen LogP contribution in [-0.4, -0.2) is 26.6 Å². The highest BCUT2D eigenvalue weighted by Crippen LogP contribution is 2.39. The van der Waals surface area contributed by atoms with Gasteiger partial charge in [0.15, 0.2) is 5.17 Å². The summed E-state index contributed by atoms with van der Waals surface area (Å²) < 4.78 is 41.0. The fourth-order valence-corrected chi connectivity index (χ4v) is 6.16. The van der Waals surface area contributed by atoms with Crippen molar-refractivity contribution in [2.45, 2.75) is 58.2 Å². The van der Waals surface area contributed by atoms with Gasteiger partial charge in [0.2, 0.25) is 0 Å². The zero-order valence-electron chi connectivity index (χ0n) is 20.8. The molecular formula is C29H28F3N3OS. The van der Waals surface area contributed by atoms with Crippen LogP contribution in [0.5, 0.6) is 0 Å². The molecule has 37 heavy (non-hydrogen) atoms. The number of aliphatic imine (C=N–C) groups is 1. The Morgan fingerprint density at radius 1 is 0.973 bits per heavy atom. The molecule has 0 radical (unpaired) electrons. The Kier molecular flexibility index (Phi) is 7.03. The first-order chi connectivity index (χ1) is 17.7. The Bertz CT molecular complexity index is 1350. The molecule has 2 fully saturated rings. The zero-order valence-corrected chi connectivity index (χ0v) is 21.6. The average molecular weight is 524 g/mol. The van der Waals surface area contributed by atoms with Crippen molar-refractivity contribution in [1.82, 2.24) is 9.47 Å². The minimum atomic E-state index is -4.38. The highest BCUT2D eigenvalue weighted by atomic mass is 32.2. The molecule has 0 unspecified atom stereocenters. The van der Waals surface area contributed by atoms with Gasteiger partial charge in [-0.15, -0.1) is 0 Å². The van der Waals surface area contributed by atoms with E-state index in [1.165, 1.54) is 30.3 Å². The molecule has 0 atom stereocenters. The third kappa shape index (κ3) is 5.25. The molecule has 2 aliphatic rings. The summed E-state index contributed by atoms with van der Waals surface area (Å²) in [6.45, 7) is 3.83. The maximum Gasteiger partial charge on any atom is 0.416 e. The predicted octanol–water partition coefficient (Wildman–Crippen LogP) is 8.05. The molecule has 192 valence electrons. The molecular weight excluding hydrogens is 495 g/mol. The number of nitrogens with zero attached hydrogens (tertiary/aromatic N) is 3. The van der Waals surface area contributed by atoms with Gasteiger partial charge in [0.1, 0.15) is 0 Å². The van der Waals surface area contributed by atoms with Crippen LogP contribution in [0.2, 0.25) is 0 Å². The van der Waals surface area contributed by atoms with Gasteiger partial charge in [0.25, 0.3) is 5.91 Å². The first kappa shape index (κ1) is 25.4. The Balaban J connectivity index is 1.49. The smallest absolute Gasteiger partial charge is 0.318 e. The molecule has 2 aromatic carbocycles. The molecule has 1 saturated heterocycles. The lowest BCUT2D eigenvalue weighted by atomic mass is 9.94. The second-order valence-electron chi connectivity index (χ2n) is 9.51. The molecule has 1 amide bonds. The summed E-state index contributed by atoms with van der Waals surface area (Å²) in [5.41, 5.74) is 3.37. The molecule has 0 spiro atoms. The highest BCUT2D eigenvalue weighted by Gasteiger charge is 2.39. The number of hydrogen-bond acceptors (Lipinski definition) is 3. The minimum absolute atomic E-state index is 0.0362. The van der Waals surface area contributed by atoms with Crippen LogP contribution < -0.4 is 0 Å². The van der Waals surface area contributed by atoms with Gasteiger partial charge in [0.05, 0.1) is 16.2 Å². The van der Waals surface area contributed by atoms with E-state index in [1.807, 2.05) is 65.8 Å². The summed E-state index contributed by atoms with van der Waals surface area (Å²) >= 11 is 1.39. The van der Waals surface area contributed by atoms with Crippen molar-refractivity contribution in [2.75, 3.05) is 0 Å². The number of benzene rings is 2. The predicted molar refractivity (Wildman–Crippen MR) is 143 cm³/mol. The van der Waals surface area contributed by atoms with Gasteiger partial charge in [-0.25, -0.2) is 4.99 Å². The van der Waals surface area contributed by atoms with Crippen molar-refractivity contribution in [1.29, 1.82) is 0 Å². The fraction of sp³-hybridized carbons (Fsp3) is 0.310. The number of aryl methyl sites for hydroxylation is 1. The van der Waals surface area contributed by atoms with Gasteiger partial charge in [0, 0.05) is 23.1 Å². The van der Waals surface area contributed by atoms with E-state index in [2.05, 4.69) is 0 Å². The second kappa shape index (κ2) is 10.2. The summed E-state index contributed by atoms with van der Waals surface area (Å²) in [6.07, 6.45) is 2.84. The molecule has 1 saturated carbocycles. The van der Waals surface area contributed by atoms with E-state index in [0.29, 0.717) is 15.8 Å². The summed E-state index contributed by atoms with van der Waals surface area (Å²) in [4.78, 5) is 21.0. The second-order valence-corrected chi connectivity index (χ2v) is 10.5. The number of rotatable bonds is 4. The number of halogens is 3. The van der Waals surface area contributed by atoms with E-state index in [1.54, 1.807) is 0 Å². The van der Waals surface area contributed by atoms with Crippen LogP contribution in [0.15, 0.2) is 70.6 Å². The number of thioether (sulfide) groups is 1. The first-order valence-corrected chi connectivity index (χ1v) is 13.3. The van der Waals surface area contributed by atoms with Gasteiger partial charge < -0.3 is 4.57 Å². The number of carbonyl (C=O) groups is 1. The van der Waals surface area contributed by atoms with Gasteiger partial charge >= 0.3 is 6.18 Å². The third-order valence-corrected chi connectivity index (χ3v) is 7.95. The first-order valence-electron chi connectivity index (χ1n) is 12.5. The summed E-state index contributed by atoms with van der Waals surface area (Å²) in [5.74, 6) is -0.0362. The molecule has 8 heteroatoms. The Morgan fingerprint density at radius 3 is 2.30 bits per heavy atom. The largest absolute Gasteiger partial charge is 0.416 e. The van der Waals surface area contributed by atoms with Crippen LogP contribution in [0.25, 0.3) is 11.8 Å². The van der Waals surface area contributed by atoms with E-state index >= 15 is 0 Å². The van der Waals surface area contributed by atoms with Crippen LogP contribution >= 0.6 is 11.8 Å². The summed E-state index contributed by atoms with van der Waals surface area (Å²) in [6, 6.07) is 16.9. The standard InChI is InChI=1S/C29H28F3N3OS/c1-19-17-21(20(2)34(19)25-15-13-22(14-16-25)29(30,31)32)18-26-27(36)35(24-11-7-4-8-12-24)28(37-26)33-23-9-5-3-6-10-23/h3,5-6,9-10,13-18,24H,4,7-8,11-12H2,1-2H3/b26-18-,33-28?. The van der Waals surface area contributed by atoms with E-state index < -0.39 is 11.7 Å². The highest BCUT2D eigenvalue weighted by molar-refractivity contribution is 8.18. The maximum absolute atomic E-state index is 13.7. The van der Waals surface area contributed by atoms with Gasteiger partial charge in [-0.05, 0) is 92.6 Å². The van der Waals surface area contributed by atoms with Crippen molar-refractivity contribution < 1.29 is 18.0 Å². The SMILES string of the molecule is Cc1cc(/C=C2\SC(=Nc3ccccc3)N(C3CCCCC3)C2=O)c(C)n1-c1ccc(C(F)(F)F)cc1. The average Bonchev–Trinajstić information content (AvgIpc) is 3.34. The van der Waals surface area contributed by atoms with Crippen LogP contribution in [0.1, 0.15) is 54.6 Å². The maximum atomic E-state index is 13.7. The Labute approximate surface area is 218 Å². The van der Waals surface area contributed by atoms with Crippen LogP contribution in [0, 0.1) is 13.8 Å². The quantitative estimate of drug-likeness (QED) is 0.325. The monoisotopic (exact) mass is 523 g/mol. The zero-order chi connectivity index (χ0) is 26.2. The van der Waals surface area contributed by atoms with Gasteiger partial charge in [-0.2, -0.15) is 13.2 Å². The van der Waals surface area contributed by atoms with Crippen molar-refractivity contribution in [3.05, 3.63) is 88.1 Å². The molecule has 4 nitrogen and oxygen atoms in total. The molecule has 1 aromatic heterocycles. The van der Waals surface area contributed by atoms with E-state index in [-0.39, 0.29) is 11.9 Å². The topological polar surface area (TPSA) is 37.6 Å². The number of hydrogen-bond donors (Lipinski definition) is 0. The van der Waals surface area contributed by atoms with E-state index in [0.717, 1.165) is 60.5 Å². The molecule has 1 aliphatic carbocycles. The molecule has 1 aliphatic heterocycles. The molecule has 3 aromatic rings. The van der Waals surface area contributed by atoms with Crippen LogP contribution in [0.3, 0.4) is 0 Å². The molecule has 0 bridgehead atoms. The van der Waals surface area contributed by atoms with Gasteiger partial charge in [-0.3, -0.25) is 9.69 Å². The normalized spacial score (nSPS) is 19.4. The molecule has 5 rings (SSSR count). The van der Waals surface area contributed by atoms with E-state index in [9.17, 15) is 18.0 Å². The fourth-order valence-electron chi connectivity index (χ4n) is 5.11. The number of amides is 1. The Morgan fingerprint density at radius 2 is 1.65 bits per heavy atom. The summed E-state index contributed by atoms with van der Waals surface area (Å²) in [5, 5.41) is 0.700. The molecule has 0 N–H and O–H groups in total. The Hall–Kier alpha value is -3.26. The van der Waals surface area contributed by atoms with Crippen LogP contribution in [-0.2, 0) is 11.0 Å². The number of alkyl halides is 3. The number of aromatic nitrogens is 1. The van der Waals surface area contributed by atoms with Crippen molar-refractivity contribution >= 4 is 34.6 Å². The number of amidine groups is 1. The third-order valence-electron chi connectivity index (χ3n) is 6.97. The minimum Gasteiger partial charge on any atom is -0.318 e. The summed E-state index contributed by atoms with van der Waals surface area (Å²) in [7, 11) is 0. The lowest BCUT2D eigenvalue weighted by Crippen LogP contribution is -2.40. The number of para-hydroxylation sites is 1.